The summed E-state index contributed by atoms with van der Waals surface area (Å²) in [4.78, 5) is 28.6. The number of hydrogen-bond acceptors (Lipinski definition) is 4. The molecule has 2 aliphatic rings. The van der Waals surface area contributed by atoms with E-state index in [2.05, 4.69) is 17.0 Å². The van der Waals surface area contributed by atoms with Gasteiger partial charge in [-0.3, -0.25) is 14.6 Å². The predicted octanol–water partition coefficient (Wildman–Crippen LogP) is 3.00. The fourth-order valence-electron chi connectivity index (χ4n) is 4.30. The van der Waals surface area contributed by atoms with E-state index in [9.17, 15) is 14.7 Å². The maximum atomic E-state index is 13.1. The average molecular weight is 406 g/mol. The molecule has 2 aromatic carbocycles. The number of piperidine rings is 1. The molecule has 0 radical (unpaired) electrons. The second-order valence-corrected chi connectivity index (χ2v) is 7.83. The number of hydrogen-bond donors (Lipinski definition) is 1. The third-order valence-electron chi connectivity index (χ3n) is 5.89. The summed E-state index contributed by atoms with van der Waals surface area (Å²) in [5.74, 6) is -1.35. The van der Waals surface area contributed by atoms with Crippen molar-refractivity contribution in [3.05, 3.63) is 77.9 Å². The van der Waals surface area contributed by atoms with Gasteiger partial charge in [0.15, 0.2) is 6.04 Å². The number of carbonyl (C=O) groups excluding carboxylic acids is 1. The smallest absolute Gasteiger partial charge is 0.328 e. The van der Waals surface area contributed by atoms with Crippen LogP contribution in [-0.4, -0.2) is 58.2 Å². The second kappa shape index (κ2) is 8.81. The van der Waals surface area contributed by atoms with E-state index >= 15 is 0 Å². The zero-order valence-electron chi connectivity index (χ0n) is 16.8. The van der Waals surface area contributed by atoms with Crippen LogP contribution in [0, 0.1) is 0 Å². The Morgan fingerprint density at radius 2 is 1.67 bits per heavy atom. The van der Waals surface area contributed by atoms with Crippen molar-refractivity contribution < 1.29 is 19.4 Å². The van der Waals surface area contributed by atoms with E-state index in [0.717, 1.165) is 25.2 Å². The largest absolute Gasteiger partial charge is 0.480 e. The molecule has 1 amide bonds. The molecule has 0 unspecified atom stereocenters. The van der Waals surface area contributed by atoms with Crippen molar-refractivity contribution in [1.29, 1.82) is 0 Å². The monoisotopic (exact) mass is 406 g/mol. The Bertz CT molecular complexity index is 905. The minimum Gasteiger partial charge on any atom is -0.480 e. The maximum absolute atomic E-state index is 13.1. The van der Waals surface area contributed by atoms with Gasteiger partial charge in [0.05, 0.1) is 6.61 Å². The Balaban J connectivity index is 1.48. The Morgan fingerprint density at radius 3 is 2.30 bits per heavy atom. The first-order chi connectivity index (χ1) is 14.6. The lowest BCUT2D eigenvalue weighted by Gasteiger charge is -2.44. The van der Waals surface area contributed by atoms with Gasteiger partial charge in [-0.1, -0.05) is 60.7 Å². The molecule has 156 valence electrons. The maximum Gasteiger partial charge on any atom is 0.328 e. The van der Waals surface area contributed by atoms with Gasteiger partial charge in [0.2, 0.25) is 5.91 Å². The summed E-state index contributed by atoms with van der Waals surface area (Å²) in [7, 11) is 0. The minimum absolute atomic E-state index is 0.0267. The summed E-state index contributed by atoms with van der Waals surface area (Å²) in [5.41, 5.74) is 1.28. The number of aliphatic carboxylic acids is 1. The fraction of sp³-hybridized carbons (Fsp3) is 0.333. The number of carboxylic acid groups (broad SMARTS) is 1. The molecule has 0 aliphatic carbocycles. The van der Waals surface area contributed by atoms with Gasteiger partial charge in [0, 0.05) is 38.6 Å². The van der Waals surface area contributed by atoms with Gasteiger partial charge in [0.25, 0.3) is 0 Å². The van der Waals surface area contributed by atoms with Crippen LogP contribution >= 0.6 is 0 Å². The molecule has 0 aromatic heterocycles. The number of carbonyl (C=O) groups is 2. The normalized spacial score (nSPS) is 21.3. The van der Waals surface area contributed by atoms with Crippen LogP contribution in [0.2, 0.25) is 0 Å². The van der Waals surface area contributed by atoms with Crippen molar-refractivity contribution in [1.82, 2.24) is 9.80 Å². The number of amides is 1. The van der Waals surface area contributed by atoms with Crippen LogP contribution in [0.5, 0.6) is 0 Å². The molecule has 1 N–H and O–H groups in total. The van der Waals surface area contributed by atoms with E-state index in [0.29, 0.717) is 12.8 Å². The molecule has 1 spiro atoms. The van der Waals surface area contributed by atoms with E-state index in [1.807, 2.05) is 48.5 Å². The summed E-state index contributed by atoms with van der Waals surface area (Å²) in [6.45, 7) is 2.35. The molecule has 6 nitrogen and oxygen atoms in total. The zero-order valence-corrected chi connectivity index (χ0v) is 16.8. The van der Waals surface area contributed by atoms with Crippen molar-refractivity contribution in [2.75, 3.05) is 19.7 Å². The second-order valence-electron chi connectivity index (χ2n) is 7.83. The van der Waals surface area contributed by atoms with Crippen molar-refractivity contribution in [3.63, 3.8) is 0 Å². The molecule has 2 aliphatic heterocycles. The van der Waals surface area contributed by atoms with Crippen molar-refractivity contribution >= 4 is 18.0 Å². The van der Waals surface area contributed by atoms with Crippen LogP contribution in [0.15, 0.2) is 66.7 Å². The van der Waals surface area contributed by atoms with Crippen molar-refractivity contribution in [2.45, 2.75) is 31.2 Å². The molecule has 2 aromatic rings. The van der Waals surface area contributed by atoms with E-state index < -0.39 is 17.7 Å². The fourth-order valence-corrected chi connectivity index (χ4v) is 4.30. The standard InChI is InChI=1S/C24H26N2O4/c27-22(12-11-19-7-3-1-4-8-19)26-21(23(28)29)18-30-24(26)13-15-25(16-14-24)17-20-9-5-2-6-10-20/h1-12,21H,13-18H2,(H,28,29)/b12-11-/t21-/m0/s1. The first-order valence-electron chi connectivity index (χ1n) is 10.3. The van der Waals surface area contributed by atoms with Crippen LogP contribution in [0.4, 0.5) is 0 Å². The van der Waals surface area contributed by atoms with Gasteiger partial charge in [-0.2, -0.15) is 0 Å². The number of rotatable bonds is 5. The lowest BCUT2D eigenvalue weighted by Crippen LogP contribution is -2.57. The van der Waals surface area contributed by atoms with Crippen molar-refractivity contribution in [2.24, 2.45) is 0 Å². The van der Waals surface area contributed by atoms with Gasteiger partial charge < -0.3 is 9.84 Å². The highest BCUT2D eigenvalue weighted by Gasteiger charge is 2.53. The molecule has 2 saturated heterocycles. The van der Waals surface area contributed by atoms with Gasteiger partial charge >= 0.3 is 5.97 Å². The Kier molecular flexibility index (Phi) is 5.97. The van der Waals surface area contributed by atoms with Crippen LogP contribution in [0.1, 0.15) is 24.0 Å². The lowest BCUT2D eigenvalue weighted by molar-refractivity contribution is -0.162. The highest BCUT2D eigenvalue weighted by molar-refractivity contribution is 5.95. The van der Waals surface area contributed by atoms with E-state index in [-0.39, 0.29) is 12.5 Å². The first kappa shape index (κ1) is 20.3. The summed E-state index contributed by atoms with van der Waals surface area (Å²) in [6.07, 6.45) is 4.36. The zero-order chi connectivity index (χ0) is 21.0. The molecule has 4 rings (SSSR count). The lowest BCUT2D eigenvalue weighted by atomic mass is 9.97. The molecule has 6 heteroatoms. The van der Waals surface area contributed by atoms with Crippen LogP contribution in [0.25, 0.3) is 6.08 Å². The number of nitrogens with zero attached hydrogens (tertiary/aromatic N) is 2. The molecule has 0 bridgehead atoms. The average Bonchev–Trinajstić information content (AvgIpc) is 3.14. The van der Waals surface area contributed by atoms with Gasteiger partial charge in [0.1, 0.15) is 5.72 Å². The molecular weight excluding hydrogens is 380 g/mol. The third-order valence-corrected chi connectivity index (χ3v) is 5.89. The summed E-state index contributed by atoms with van der Waals surface area (Å²) < 4.78 is 6.00. The topological polar surface area (TPSA) is 70.1 Å². The summed E-state index contributed by atoms with van der Waals surface area (Å²) in [6, 6.07) is 18.8. The van der Waals surface area contributed by atoms with Gasteiger partial charge in [-0.05, 0) is 17.2 Å². The van der Waals surface area contributed by atoms with Crippen LogP contribution < -0.4 is 0 Å². The number of carboxylic acids is 1. The van der Waals surface area contributed by atoms with E-state index in [4.69, 9.17) is 4.74 Å². The highest BCUT2D eigenvalue weighted by Crippen LogP contribution is 2.38. The van der Waals surface area contributed by atoms with Crippen LogP contribution in [-0.2, 0) is 20.9 Å². The van der Waals surface area contributed by atoms with Crippen molar-refractivity contribution in [3.8, 4) is 0 Å². The van der Waals surface area contributed by atoms with Crippen LogP contribution in [0.3, 0.4) is 0 Å². The Labute approximate surface area is 176 Å². The summed E-state index contributed by atoms with van der Waals surface area (Å²) in [5, 5.41) is 9.67. The molecule has 30 heavy (non-hydrogen) atoms. The molecule has 1 atom stereocenters. The molecule has 2 fully saturated rings. The summed E-state index contributed by atoms with van der Waals surface area (Å²) >= 11 is 0. The van der Waals surface area contributed by atoms with Gasteiger partial charge in [-0.25, -0.2) is 4.79 Å². The highest BCUT2D eigenvalue weighted by atomic mass is 16.5. The molecule has 2 heterocycles. The SMILES string of the molecule is O=C(O)[C@@H]1COC2(CCN(Cc3ccccc3)CC2)N1C(=O)/C=C\c1ccccc1. The number of ether oxygens (including phenoxy) is 1. The number of benzene rings is 2. The third kappa shape index (κ3) is 4.30. The quantitative estimate of drug-likeness (QED) is 0.773. The van der Waals surface area contributed by atoms with Gasteiger partial charge in [-0.15, -0.1) is 0 Å². The first-order valence-corrected chi connectivity index (χ1v) is 10.3. The molecular formula is C24H26N2O4. The Morgan fingerprint density at radius 1 is 1.03 bits per heavy atom. The molecule has 0 saturated carbocycles. The minimum atomic E-state index is -1.03. The van der Waals surface area contributed by atoms with E-state index in [1.54, 1.807) is 6.08 Å². The predicted molar refractivity (Wildman–Crippen MR) is 113 cm³/mol. The Hall–Kier alpha value is -2.96. The number of likely N-dealkylation sites (tertiary alicyclic amines) is 1. The van der Waals surface area contributed by atoms with E-state index in [1.165, 1.54) is 16.5 Å².